The van der Waals surface area contributed by atoms with Gasteiger partial charge in [0.05, 0.1) is 25.7 Å². The van der Waals surface area contributed by atoms with Gasteiger partial charge in [0.25, 0.3) is 0 Å². The molecule has 1 unspecified atom stereocenters. The number of rotatable bonds is 5. The molecule has 0 saturated heterocycles. The van der Waals surface area contributed by atoms with Crippen molar-refractivity contribution in [1.29, 1.82) is 0 Å². The maximum atomic E-state index is 9.10. The van der Waals surface area contributed by atoms with E-state index in [4.69, 9.17) is 20.7 Å². The van der Waals surface area contributed by atoms with Crippen LogP contribution in [0.1, 0.15) is 0 Å². The Hall–Kier alpha value is -1.77. The van der Waals surface area contributed by atoms with Gasteiger partial charge in [-0.2, -0.15) is 4.98 Å². The van der Waals surface area contributed by atoms with E-state index < -0.39 is 6.10 Å². The van der Waals surface area contributed by atoms with Crippen molar-refractivity contribution in [3.05, 3.63) is 12.5 Å². The normalized spacial score (nSPS) is 13.1. The van der Waals surface area contributed by atoms with Gasteiger partial charge in [-0.05, 0) is 0 Å². The first kappa shape index (κ1) is 11.7. The smallest absolute Gasteiger partial charge is 0.222 e. The molecule has 2 heterocycles. The fourth-order valence-corrected chi connectivity index (χ4v) is 1.31. The number of anilines is 1. The van der Waals surface area contributed by atoms with Gasteiger partial charge in [0.1, 0.15) is 18.4 Å². The highest BCUT2D eigenvalue weighted by atomic mass is 16.5. The molecule has 0 aliphatic heterocycles. The molecular formula is C9H13N5O3. The van der Waals surface area contributed by atoms with Crippen molar-refractivity contribution in [3.8, 4) is 0 Å². The van der Waals surface area contributed by atoms with Gasteiger partial charge in [-0.1, -0.05) is 0 Å². The molecule has 0 saturated carbocycles. The molecule has 0 aromatic carbocycles. The Morgan fingerprint density at radius 2 is 2.29 bits per heavy atom. The lowest BCUT2D eigenvalue weighted by molar-refractivity contribution is -0.0162. The highest BCUT2D eigenvalue weighted by molar-refractivity contribution is 5.70. The van der Waals surface area contributed by atoms with Crippen LogP contribution in [0.15, 0.2) is 12.5 Å². The number of aliphatic hydroxyl groups excluding tert-OH is 2. The van der Waals surface area contributed by atoms with Crippen LogP contribution in [-0.2, 0) is 11.5 Å². The van der Waals surface area contributed by atoms with Crippen molar-refractivity contribution >= 4 is 17.1 Å². The standard InChI is InChI=1S/C9H13N5O3/c10-9-11-1-7-8(13-9)12-4-14(7)5-17-3-6(16)2-15/h1,4,6,15-16H,2-3,5H2,(H2,10,11,13). The zero-order chi connectivity index (χ0) is 12.3. The lowest BCUT2D eigenvalue weighted by atomic mass is 10.4. The van der Waals surface area contributed by atoms with Gasteiger partial charge < -0.3 is 25.3 Å². The Morgan fingerprint density at radius 1 is 1.47 bits per heavy atom. The summed E-state index contributed by atoms with van der Waals surface area (Å²) in [5.74, 6) is 0.166. The monoisotopic (exact) mass is 239 g/mol. The minimum Gasteiger partial charge on any atom is -0.394 e. The van der Waals surface area contributed by atoms with Crippen LogP contribution in [0.2, 0.25) is 0 Å². The summed E-state index contributed by atoms with van der Waals surface area (Å²) in [6.07, 6.45) is 2.22. The van der Waals surface area contributed by atoms with Crippen LogP contribution < -0.4 is 5.73 Å². The molecule has 2 aromatic rings. The number of aliphatic hydroxyl groups is 2. The van der Waals surface area contributed by atoms with Crippen molar-refractivity contribution in [2.75, 3.05) is 18.9 Å². The van der Waals surface area contributed by atoms with E-state index in [0.717, 1.165) is 0 Å². The van der Waals surface area contributed by atoms with Gasteiger partial charge in [-0.3, -0.25) is 0 Å². The summed E-state index contributed by atoms with van der Waals surface area (Å²) in [4.78, 5) is 11.8. The molecule has 0 fully saturated rings. The minimum absolute atomic E-state index is 0.0476. The molecule has 4 N–H and O–H groups in total. The predicted molar refractivity (Wildman–Crippen MR) is 58.8 cm³/mol. The molecule has 8 nitrogen and oxygen atoms in total. The van der Waals surface area contributed by atoms with Crippen LogP contribution in [0, 0.1) is 0 Å². The number of imidazole rings is 1. The van der Waals surface area contributed by atoms with Crippen LogP contribution in [0.3, 0.4) is 0 Å². The number of nitrogen functional groups attached to an aromatic ring is 1. The van der Waals surface area contributed by atoms with Crippen molar-refractivity contribution in [2.24, 2.45) is 0 Å². The second-order valence-corrected chi connectivity index (χ2v) is 3.49. The van der Waals surface area contributed by atoms with E-state index in [1.54, 1.807) is 17.1 Å². The summed E-state index contributed by atoms with van der Waals surface area (Å²) in [5.41, 5.74) is 6.61. The van der Waals surface area contributed by atoms with Gasteiger partial charge >= 0.3 is 0 Å². The average Bonchev–Trinajstić information content (AvgIpc) is 2.71. The minimum atomic E-state index is -0.878. The van der Waals surface area contributed by atoms with Gasteiger partial charge in [-0.25, -0.2) is 9.97 Å². The number of hydrogen-bond donors (Lipinski definition) is 3. The van der Waals surface area contributed by atoms with E-state index in [1.807, 2.05) is 0 Å². The highest BCUT2D eigenvalue weighted by Crippen LogP contribution is 2.09. The van der Waals surface area contributed by atoms with E-state index in [9.17, 15) is 0 Å². The van der Waals surface area contributed by atoms with Crippen molar-refractivity contribution in [3.63, 3.8) is 0 Å². The predicted octanol–water partition coefficient (Wildman–Crippen LogP) is -1.26. The van der Waals surface area contributed by atoms with Crippen molar-refractivity contribution in [1.82, 2.24) is 19.5 Å². The maximum absolute atomic E-state index is 9.10. The lowest BCUT2D eigenvalue weighted by Crippen LogP contribution is -2.20. The lowest BCUT2D eigenvalue weighted by Gasteiger charge is -2.09. The number of aromatic nitrogens is 4. The third-order valence-electron chi connectivity index (χ3n) is 2.15. The van der Waals surface area contributed by atoms with E-state index in [2.05, 4.69) is 15.0 Å². The van der Waals surface area contributed by atoms with Crippen LogP contribution in [0.25, 0.3) is 11.2 Å². The SMILES string of the molecule is Nc1ncc2c(ncn2COCC(O)CO)n1. The molecule has 8 heteroatoms. The molecule has 0 aliphatic carbocycles. The second-order valence-electron chi connectivity index (χ2n) is 3.49. The summed E-state index contributed by atoms with van der Waals surface area (Å²) in [7, 11) is 0. The molecule has 1 atom stereocenters. The molecular weight excluding hydrogens is 226 g/mol. The Labute approximate surface area is 96.7 Å². The number of nitrogens with two attached hydrogens (primary N) is 1. The highest BCUT2D eigenvalue weighted by Gasteiger charge is 2.06. The summed E-state index contributed by atoms with van der Waals surface area (Å²) < 4.78 is 6.87. The first-order valence-corrected chi connectivity index (χ1v) is 5.00. The molecule has 0 bridgehead atoms. The van der Waals surface area contributed by atoms with Crippen molar-refractivity contribution in [2.45, 2.75) is 12.8 Å². The molecule has 0 radical (unpaired) electrons. The van der Waals surface area contributed by atoms with E-state index in [0.29, 0.717) is 11.2 Å². The summed E-state index contributed by atoms with van der Waals surface area (Å²) >= 11 is 0. The van der Waals surface area contributed by atoms with Crippen molar-refractivity contribution < 1.29 is 14.9 Å². The molecule has 0 spiro atoms. The molecule has 2 aromatic heterocycles. The quantitative estimate of drug-likeness (QED) is 0.595. The van der Waals surface area contributed by atoms with Crippen LogP contribution in [0.4, 0.5) is 5.95 Å². The Bertz CT molecular complexity index is 500. The maximum Gasteiger partial charge on any atom is 0.222 e. The Balaban J connectivity index is 2.04. The fraction of sp³-hybridized carbons (Fsp3) is 0.444. The summed E-state index contributed by atoms with van der Waals surface area (Å²) in [5, 5.41) is 17.7. The van der Waals surface area contributed by atoms with Gasteiger partial charge in [-0.15, -0.1) is 0 Å². The Kier molecular flexibility index (Phi) is 3.47. The first-order valence-electron chi connectivity index (χ1n) is 5.00. The number of fused-ring (bicyclic) bond motifs is 1. The molecule has 0 amide bonds. The Morgan fingerprint density at radius 3 is 3.06 bits per heavy atom. The summed E-state index contributed by atoms with van der Waals surface area (Å²) in [6.45, 7) is -0.0861. The molecule has 92 valence electrons. The van der Waals surface area contributed by atoms with Crippen LogP contribution in [-0.4, -0.2) is 49.0 Å². The number of nitrogens with zero attached hydrogens (tertiary/aromatic N) is 4. The van der Waals surface area contributed by atoms with E-state index >= 15 is 0 Å². The third kappa shape index (κ3) is 2.67. The molecule has 17 heavy (non-hydrogen) atoms. The zero-order valence-corrected chi connectivity index (χ0v) is 9.02. The molecule has 0 aliphatic rings. The fourth-order valence-electron chi connectivity index (χ4n) is 1.31. The zero-order valence-electron chi connectivity index (χ0n) is 9.02. The number of hydrogen-bond acceptors (Lipinski definition) is 7. The first-order chi connectivity index (χ1) is 8.20. The second kappa shape index (κ2) is 5.04. The van der Waals surface area contributed by atoms with Gasteiger partial charge in [0.15, 0.2) is 5.65 Å². The van der Waals surface area contributed by atoms with E-state index in [-0.39, 0.29) is 25.9 Å². The van der Waals surface area contributed by atoms with Crippen LogP contribution >= 0.6 is 0 Å². The number of ether oxygens (including phenoxy) is 1. The molecule has 2 rings (SSSR count). The largest absolute Gasteiger partial charge is 0.394 e. The van der Waals surface area contributed by atoms with Crippen LogP contribution in [0.5, 0.6) is 0 Å². The average molecular weight is 239 g/mol. The van der Waals surface area contributed by atoms with E-state index in [1.165, 1.54) is 0 Å². The van der Waals surface area contributed by atoms with Gasteiger partial charge in [0, 0.05) is 0 Å². The van der Waals surface area contributed by atoms with Gasteiger partial charge in [0.2, 0.25) is 5.95 Å². The third-order valence-corrected chi connectivity index (χ3v) is 2.15. The topological polar surface area (TPSA) is 119 Å². The summed E-state index contributed by atoms with van der Waals surface area (Å²) in [6, 6.07) is 0.